The number of pyridine rings is 1. The summed E-state index contributed by atoms with van der Waals surface area (Å²) in [5.74, 6) is 0. The van der Waals surface area contributed by atoms with Crippen molar-refractivity contribution in [1.29, 1.82) is 0 Å². The maximum atomic E-state index is 4.12. The molecule has 0 unspecified atom stereocenters. The van der Waals surface area contributed by atoms with Crippen LogP contribution in [0, 0.1) is 0 Å². The Labute approximate surface area is 88.3 Å². The van der Waals surface area contributed by atoms with Gasteiger partial charge < -0.3 is 4.90 Å². The van der Waals surface area contributed by atoms with E-state index in [0.717, 1.165) is 10.6 Å². The first-order valence-corrected chi connectivity index (χ1v) is 5.23. The van der Waals surface area contributed by atoms with Gasteiger partial charge in [-0.15, -0.1) is 0 Å². The van der Waals surface area contributed by atoms with Gasteiger partial charge in [-0.1, -0.05) is 18.3 Å². The molecule has 0 fully saturated rings. The summed E-state index contributed by atoms with van der Waals surface area (Å²) >= 11 is 1.71. The maximum Gasteiger partial charge on any atom is 0.0722 e. The van der Waals surface area contributed by atoms with Gasteiger partial charge in [-0.3, -0.25) is 4.98 Å². The Bertz CT molecular complexity index is 395. The average molecular weight is 204 g/mol. The molecule has 0 spiro atoms. The minimum atomic E-state index is 1.07. The Kier molecular flexibility index (Phi) is 2.33. The lowest BCUT2D eigenvalue weighted by molar-refractivity contribution is 0.648. The molecule has 3 heteroatoms. The molecule has 2 heterocycles. The zero-order valence-corrected chi connectivity index (χ0v) is 9.14. The first-order valence-electron chi connectivity index (χ1n) is 4.42. The number of aromatic nitrogens is 1. The molecule has 2 nitrogen and oxygen atoms in total. The van der Waals surface area contributed by atoms with E-state index in [4.69, 9.17) is 0 Å². The summed E-state index contributed by atoms with van der Waals surface area (Å²) in [7, 11) is 2.04. The van der Waals surface area contributed by atoms with Crippen LogP contribution >= 0.6 is 11.8 Å². The Morgan fingerprint density at radius 1 is 1.50 bits per heavy atom. The first kappa shape index (κ1) is 9.34. The highest BCUT2D eigenvalue weighted by Crippen LogP contribution is 2.42. The summed E-state index contributed by atoms with van der Waals surface area (Å²) in [5.41, 5.74) is 2.37. The summed E-state index contributed by atoms with van der Waals surface area (Å²) in [6.45, 7) is 6.10. The van der Waals surface area contributed by atoms with E-state index in [2.05, 4.69) is 29.5 Å². The van der Waals surface area contributed by atoms with E-state index in [9.17, 15) is 0 Å². The first-order chi connectivity index (χ1) is 6.70. The van der Waals surface area contributed by atoms with Crippen LogP contribution in [0.25, 0.3) is 5.70 Å². The van der Waals surface area contributed by atoms with Gasteiger partial charge in [0.2, 0.25) is 0 Å². The Balaban J connectivity index is 2.45. The molecule has 1 aromatic rings. The molecule has 72 valence electrons. The molecule has 0 N–H and O–H groups in total. The molecule has 1 aliphatic heterocycles. The van der Waals surface area contributed by atoms with Crippen molar-refractivity contribution >= 4 is 17.5 Å². The fraction of sp³-hybridized carbons (Fsp3) is 0.182. The predicted octanol–water partition coefficient (Wildman–Crippen LogP) is 2.92. The highest BCUT2D eigenvalue weighted by Gasteiger charge is 2.21. The monoisotopic (exact) mass is 204 g/mol. The van der Waals surface area contributed by atoms with Crippen LogP contribution < -0.4 is 0 Å². The average Bonchev–Trinajstić information content (AvgIpc) is 2.43. The fourth-order valence-corrected chi connectivity index (χ4v) is 2.49. The molecule has 1 aromatic heterocycles. The lowest BCUT2D eigenvalue weighted by atomic mass is 10.2. The van der Waals surface area contributed by atoms with Gasteiger partial charge in [0.1, 0.15) is 0 Å². The molecule has 0 atom stereocenters. The fourth-order valence-electron chi connectivity index (χ4n) is 1.55. The Hall–Kier alpha value is -1.22. The van der Waals surface area contributed by atoms with Crippen molar-refractivity contribution in [2.24, 2.45) is 0 Å². The standard InChI is InChI=1S/C11H12N2S/c1-8-11(13(3)9(2)14-8)10-5-4-6-12-7-10/h4-7H,2H2,1,3H3. The van der Waals surface area contributed by atoms with Crippen LogP contribution in [0.3, 0.4) is 0 Å². The second-order valence-corrected chi connectivity index (χ2v) is 4.49. The normalized spacial score (nSPS) is 16.7. The van der Waals surface area contributed by atoms with Gasteiger partial charge >= 0.3 is 0 Å². The largest absolute Gasteiger partial charge is 0.338 e. The number of thioether (sulfide) groups is 1. The molecule has 0 saturated heterocycles. The maximum absolute atomic E-state index is 4.12. The molecule has 14 heavy (non-hydrogen) atoms. The second kappa shape index (κ2) is 3.50. The Morgan fingerprint density at radius 3 is 2.79 bits per heavy atom. The number of hydrogen-bond acceptors (Lipinski definition) is 3. The lowest BCUT2D eigenvalue weighted by Gasteiger charge is -2.16. The van der Waals surface area contributed by atoms with Crippen LogP contribution in [0.2, 0.25) is 0 Å². The molecule has 1 aliphatic rings. The van der Waals surface area contributed by atoms with Crippen molar-refractivity contribution in [3.63, 3.8) is 0 Å². The summed E-state index contributed by atoms with van der Waals surface area (Å²) in [6, 6.07) is 4.02. The van der Waals surface area contributed by atoms with E-state index >= 15 is 0 Å². The lowest BCUT2D eigenvalue weighted by Crippen LogP contribution is -2.09. The highest BCUT2D eigenvalue weighted by molar-refractivity contribution is 8.07. The van der Waals surface area contributed by atoms with Crippen molar-refractivity contribution in [3.8, 4) is 0 Å². The third-order valence-corrected chi connectivity index (χ3v) is 3.26. The molecule has 0 aliphatic carbocycles. The van der Waals surface area contributed by atoms with Crippen molar-refractivity contribution in [2.45, 2.75) is 6.92 Å². The van der Waals surface area contributed by atoms with Crippen molar-refractivity contribution < 1.29 is 0 Å². The molecule has 0 amide bonds. The van der Waals surface area contributed by atoms with Crippen LogP contribution in [0.4, 0.5) is 0 Å². The quantitative estimate of drug-likeness (QED) is 0.699. The molecular formula is C11H12N2S. The second-order valence-electron chi connectivity index (χ2n) is 3.20. The van der Waals surface area contributed by atoms with E-state index in [-0.39, 0.29) is 0 Å². The van der Waals surface area contributed by atoms with Crippen LogP contribution in [0.5, 0.6) is 0 Å². The van der Waals surface area contributed by atoms with Crippen LogP contribution in [-0.4, -0.2) is 16.9 Å². The Morgan fingerprint density at radius 2 is 2.29 bits per heavy atom. The van der Waals surface area contributed by atoms with E-state index in [1.165, 1.54) is 10.6 Å². The zero-order chi connectivity index (χ0) is 10.1. The smallest absolute Gasteiger partial charge is 0.0722 e. The van der Waals surface area contributed by atoms with Crippen LogP contribution in [0.15, 0.2) is 41.0 Å². The number of hydrogen-bond donors (Lipinski definition) is 0. The van der Waals surface area contributed by atoms with Crippen molar-refractivity contribution in [2.75, 3.05) is 7.05 Å². The van der Waals surface area contributed by atoms with Gasteiger partial charge in [0.25, 0.3) is 0 Å². The van der Waals surface area contributed by atoms with Gasteiger partial charge in [0.05, 0.1) is 10.7 Å². The highest BCUT2D eigenvalue weighted by atomic mass is 32.2. The zero-order valence-electron chi connectivity index (χ0n) is 8.32. The van der Waals surface area contributed by atoms with Crippen molar-refractivity contribution in [1.82, 2.24) is 9.88 Å². The molecule has 0 aromatic carbocycles. The minimum absolute atomic E-state index is 1.07. The van der Waals surface area contributed by atoms with E-state index < -0.39 is 0 Å². The van der Waals surface area contributed by atoms with Gasteiger partial charge in [-0.25, -0.2) is 0 Å². The number of rotatable bonds is 1. The van der Waals surface area contributed by atoms with Gasteiger partial charge in [0.15, 0.2) is 0 Å². The van der Waals surface area contributed by atoms with Gasteiger partial charge in [0, 0.05) is 29.9 Å². The molecule has 2 rings (SSSR count). The topological polar surface area (TPSA) is 16.1 Å². The molecule has 0 bridgehead atoms. The SMILES string of the molecule is C=C1SC(C)=C(c2cccnc2)N1C. The summed E-state index contributed by atoms with van der Waals surface area (Å²) in [6.07, 6.45) is 3.67. The third kappa shape index (κ3) is 1.44. The van der Waals surface area contributed by atoms with Crippen LogP contribution in [-0.2, 0) is 0 Å². The number of nitrogens with zero attached hydrogens (tertiary/aromatic N) is 2. The van der Waals surface area contributed by atoms with Crippen LogP contribution in [0.1, 0.15) is 12.5 Å². The van der Waals surface area contributed by atoms with Crippen molar-refractivity contribution in [3.05, 3.63) is 46.6 Å². The van der Waals surface area contributed by atoms with E-state index in [1.54, 1.807) is 18.0 Å². The molecular weight excluding hydrogens is 192 g/mol. The third-order valence-electron chi connectivity index (χ3n) is 2.25. The van der Waals surface area contributed by atoms with Gasteiger partial charge in [-0.05, 0) is 19.1 Å². The molecule has 0 radical (unpaired) electrons. The minimum Gasteiger partial charge on any atom is -0.338 e. The van der Waals surface area contributed by atoms with E-state index in [0.29, 0.717) is 0 Å². The summed E-state index contributed by atoms with van der Waals surface area (Å²) < 4.78 is 0. The molecule has 0 saturated carbocycles. The number of allylic oxidation sites excluding steroid dienone is 1. The predicted molar refractivity (Wildman–Crippen MR) is 61.3 cm³/mol. The summed E-state index contributed by atoms with van der Waals surface area (Å²) in [4.78, 5) is 7.51. The van der Waals surface area contributed by atoms with Gasteiger partial charge in [-0.2, -0.15) is 0 Å². The summed E-state index contributed by atoms with van der Waals surface area (Å²) in [5, 5.41) is 1.07. The van der Waals surface area contributed by atoms with E-state index in [1.807, 2.05) is 19.3 Å².